The molecule has 0 fully saturated rings. The standard InChI is InChI=1S/C20H23NO/c1-14-8-9-17(12-15(14)2)10-11-20(22)21-16(3)13-18-6-4-5-7-19(18)21/h4-9,12,16H,10-11,13H2,1-3H3/t16-/m0/s1. The molecule has 0 radical (unpaired) electrons. The van der Waals surface area contributed by atoms with Gasteiger partial charge in [0, 0.05) is 18.2 Å². The summed E-state index contributed by atoms with van der Waals surface area (Å²) in [5.74, 6) is 0.232. The highest BCUT2D eigenvalue weighted by Crippen LogP contribution is 2.32. The number of aryl methyl sites for hydroxylation is 3. The van der Waals surface area contributed by atoms with Gasteiger partial charge in [0.25, 0.3) is 0 Å². The quantitative estimate of drug-likeness (QED) is 0.830. The molecule has 1 heterocycles. The van der Waals surface area contributed by atoms with Crippen LogP contribution >= 0.6 is 0 Å². The van der Waals surface area contributed by atoms with Crippen molar-refractivity contribution < 1.29 is 4.79 Å². The number of para-hydroxylation sites is 1. The minimum atomic E-state index is 0.232. The Morgan fingerprint density at radius 3 is 2.68 bits per heavy atom. The van der Waals surface area contributed by atoms with E-state index in [0.717, 1.165) is 18.5 Å². The molecule has 1 aliphatic heterocycles. The highest BCUT2D eigenvalue weighted by Gasteiger charge is 2.29. The van der Waals surface area contributed by atoms with Crippen LogP contribution in [-0.2, 0) is 17.6 Å². The fourth-order valence-electron chi connectivity index (χ4n) is 3.28. The van der Waals surface area contributed by atoms with E-state index in [2.05, 4.69) is 57.2 Å². The first kappa shape index (κ1) is 14.8. The second-order valence-corrected chi connectivity index (χ2v) is 6.36. The zero-order chi connectivity index (χ0) is 15.7. The third-order valence-electron chi connectivity index (χ3n) is 4.67. The number of hydrogen-bond donors (Lipinski definition) is 0. The maximum atomic E-state index is 12.7. The first-order chi connectivity index (χ1) is 10.6. The number of hydrogen-bond acceptors (Lipinski definition) is 1. The highest BCUT2D eigenvalue weighted by molar-refractivity contribution is 5.96. The van der Waals surface area contributed by atoms with Crippen molar-refractivity contribution in [3.8, 4) is 0 Å². The van der Waals surface area contributed by atoms with Crippen LogP contribution in [0.3, 0.4) is 0 Å². The van der Waals surface area contributed by atoms with Gasteiger partial charge in [-0.3, -0.25) is 4.79 Å². The fraction of sp³-hybridized carbons (Fsp3) is 0.350. The lowest BCUT2D eigenvalue weighted by Gasteiger charge is -2.22. The molecule has 1 aliphatic rings. The fourth-order valence-corrected chi connectivity index (χ4v) is 3.28. The first-order valence-electron chi connectivity index (χ1n) is 8.02. The molecule has 2 aromatic rings. The second-order valence-electron chi connectivity index (χ2n) is 6.36. The first-order valence-corrected chi connectivity index (χ1v) is 8.02. The van der Waals surface area contributed by atoms with Gasteiger partial charge in [-0.25, -0.2) is 0 Å². The van der Waals surface area contributed by atoms with Crippen LogP contribution in [0, 0.1) is 13.8 Å². The van der Waals surface area contributed by atoms with Gasteiger partial charge in [-0.1, -0.05) is 36.4 Å². The lowest BCUT2D eigenvalue weighted by molar-refractivity contribution is -0.118. The Kier molecular flexibility index (Phi) is 4.02. The van der Waals surface area contributed by atoms with Gasteiger partial charge < -0.3 is 4.90 Å². The minimum absolute atomic E-state index is 0.232. The summed E-state index contributed by atoms with van der Waals surface area (Å²) >= 11 is 0. The predicted octanol–water partition coefficient (Wildman–Crippen LogP) is 4.21. The van der Waals surface area contributed by atoms with E-state index in [1.54, 1.807) is 0 Å². The van der Waals surface area contributed by atoms with Crippen LogP contribution in [0.2, 0.25) is 0 Å². The molecular weight excluding hydrogens is 270 g/mol. The van der Waals surface area contributed by atoms with Gasteiger partial charge >= 0.3 is 0 Å². The van der Waals surface area contributed by atoms with Crippen LogP contribution < -0.4 is 4.90 Å². The van der Waals surface area contributed by atoms with E-state index in [1.165, 1.54) is 22.3 Å². The van der Waals surface area contributed by atoms with Crippen molar-refractivity contribution in [1.29, 1.82) is 0 Å². The molecule has 1 atom stereocenters. The van der Waals surface area contributed by atoms with Gasteiger partial charge in [-0.05, 0) is 61.9 Å². The third kappa shape index (κ3) is 2.78. The number of carbonyl (C=O) groups is 1. The maximum Gasteiger partial charge on any atom is 0.227 e. The zero-order valence-electron chi connectivity index (χ0n) is 13.6. The topological polar surface area (TPSA) is 20.3 Å². The predicted molar refractivity (Wildman–Crippen MR) is 91.3 cm³/mol. The molecule has 2 nitrogen and oxygen atoms in total. The Hall–Kier alpha value is -2.09. The van der Waals surface area contributed by atoms with Gasteiger partial charge in [0.05, 0.1) is 0 Å². The molecule has 2 aromatic carbocycles. The molecule has 114 valence electrons. The molecule has 0 unspecified atom stereocenters. The molecule has 0 aliphatic carbocycles. The maximum absolute atomic E-state index is 12.7. The molecule has 0 saturated carbocycles. The average Bonchev–Trinajstić information content (AvgIpc) is 2.84. The van der Waals surface area contributed by atoms with Gasteiger partial charge in [0.2, 0.25) is 5.91 Å². The van der Waals surface area contributed by atoms with Crippen LogP contribution in [0.4, 0.5) is 5.69 Å². The van der Waals surface area contributed by atoms with Crippen molar-refractivity contribution in [2.24, 2.45) is 0 Å². The molecule has 3 rings (SSSR count). The SMILES string of the molecule is Cc1ccc(CCC(=O)N2c3ccccc3C[C@@H]2C)cc1C. The van der Waals surface area contributed by atoms with Gasteiger partial charge in [-0.15, -0.1) is 0 Å². The minimum Gasteiger partial charge on any atom is -0.309 e. The monoisotopic (exact) mass is 293 g/mol. The number of benzene rings is 2. The van der Waals surface area contributed by atoms with E-state index in [-0.39, 0.29) is 11.9 Å². The highest BCUT2D eigenvalue weighted by atomic mass is 16.2. The van der Waals surface area contributed by atoms with Crippen LogP contribution in [0.5, 0.6) is 0 Å². The average molecular weight is 293 g/mol. The molecular formula is C20H23NO. The van der Waals surface area contributed by atoms with Crippen molar-refractivity contribution in [3.63, 3.8) is 0 Å². The van der Waals surface area contributed by atoms with Crippen LogP contribution in [-0.4, -0.2) is 11.9 Å². The van der Waals surface area contributed by atoms with E-state index in [1.807, 2.05) is 11.0 Å². The number of amides is 1. The largest absolute Gasteiger partial charge is 0.309 e. The normalized spacial score (nSPS) is 16.7. The summed E-state index contributed by atoms with van der Waals surface area (Å²) in [4.78, 5) is 14.7. The van der Waals surface area contributed by atoms with Crippen molar-refractivity contribution in [2.75, 3.05) is 4.90 Å². The van der Waals surface area contributed by atoms with Crippen LogP contribution in [0.1, 0.15) is 35.6 Å². The van der Waals surface area contributed by atoms with Crippen molar-refractivity contribution >= 4 is 11.6 Å². The van der Waals surface area contributed by atoms with Crippen LogP contribution in [0.15, 0.2) is 42.5 Å². The second kappa shape index (κ2) is 5.96. The molecule has 1 amide bonds. The third-order valence-corrected chi connectivity index (χ3v) is 4.67. The summed E-state index contributed by atoms with van der Waals surface area (Å²) in [6.45, 7) is 6.38. The summed E-state index contributed by atoms with van der Waals surface area (Å²) in [5, 5.41) is 0. The van der Waals surface area contributed by atoms with Gasteiger partial charge in [0.15, 0.2) is 0 Å². The Labute approximate surface area is 132 Å². The number of nitrogens with zero attached hydrogens (tertiary/aromatic N) is 1. The van der Waals surface area contributed by atoms with E-state index in [4.69, 9.17) is 0 Å². The molecule has 2 heteroatoms. The lowest BCUT2D eigenvalue weighted by atomic mass is 10.0. The number of carbonyl (C=O) groups excluding carboxylic acids is 1. The van der Waals surface area contributed by atoms with Crippen molar-refractivity contribution in [1.82, 2.24) is 0 Å². The van der Waals surface area contributed by atoms with Gasteiger partial charge in [0.1, 0.15) is 0 Å². The summed E-state index contributed by atoms with van der Waals surface area (Å²) in [6, 6.07) is 15.0. The molecule has 0 spiro atoms. The Balaban J connectivity index is 1.71. The Morgan fingerprint density at radius 1 is 1.14 bits per heavy atom. The van der Waals surface area contributed by atoms with Crippen LogP contribution in [0.25, 0.3) is 0 Å². The van der Waals surface area contributed by atoms with Crippen molar-refractivity contribution in [2.45, 2.75) is 46.1 Å². The lowest BCUT2D eigenvalue weighted by Crippen LogP contribution is -2.35. The van der Waals surface area contributed by atoms with E-state index in [9.17, 15) is 4.79 Å². The summed E-state index contributed by atoms with van der Waals surface area (Å²) in [6.07, 6.45) is 2.35. The van der Waals surface area contributed by atoms with Crippen molar-refractivity contribution in [3.05, 3.63) is 64.7 Å². The zero-order valence-corrected chi connectivity index (χ0v) is 13.6. The number of anilines is 1. The molecule has 0 bridgehead atoms. The van der Waals surface area contributed by atoms with E-state index in [0.29, 0.717) is 6.42 Å². The summed E-state index contributed by atoms with van der Waals surface area (Å²) in [7, 11) is 0. The molecule has 0 N–H and O–H groups in total. The Morgan fingerprint density at radius 2 is 1.91 bits per heavy atom. The Bertz CT molecular complexity index is 705. The molecule has 0 aromatic heterocycles. The number of rotatable bonds is 3. The molecule has 22 heavy (non-hydrogen) atoms. The van der Waals surface area contributed by atoms with E-state index >= 15 is 0 Å². The summed E-state index contributed by atoms with van der Waals surface area (Å²) < 4.78 is 0. The smallest absolute Gasteiger partial charge is 0.227 e. The van der Waals surface area contributed by atoms with E-state index < -0.39 is 0 Å². The summed E-state index contributed by atoms with van der Waals surface area (Å²) in [5.41, 5.74) is 6.23. The molecule has 0 saturated heterocycles. The number of fused-ring (bicyclic) bond motifs is 1. The van der Waals surface area contributed by atoms with Gasteiger partial charge in [-0.2, -0.15) is 0 Å².